The number of ether oxygens (including phenoxy) is 1. The second-order valence-corrected chi connectivity index (χ2v) is 6.72. The number of carbonyl (C=O) groups excluding carboxylic acids is 1. The molecular formula is C16H13F3O2Se. The van der Waals surface area contributed by atoms with E-state index >= 15 is 0 Å². The van der Waals surface area contributed by atoms with Gasteiger partial charge in [0.15, 0.2) is 0 Å². The molecule has 0 unspecified atom stereocenters. The van der Waals surface area contributed by atoms with Crippen molar-refractivity contribution in [2.24, 2.45) is 0 Å². The van der Waals surface area contributed by atoms with Crippen LogP contribution in [0.3, 0.4) is 0 Å². The van der Waals surface area contributed by atoms with E-state index < -0.39 is 33.2 Å². The summed E-state index contributed by atoms with van der Waals surface area (Å²) in [5.41, 5.74) is 0.115. The van der Waals surface area contributed by atoms with Gasteiger partial charge in [0, 0.05) is 0 Å². The zero-order valence-electron chi connectivity index (χ0n) is 11.4. The zero-order valence-corrected chi connectivity index (χ0v) is 13.1. The van der Waals surface area contributed by atoms with Crippen molar-refractivity contribution >= 4 is 25.4 Å². The van der Waals surface area contributed by atoms with Crippen LogP contribution in [-0.2, 0) is 4.74 Å². The normalized spacial score (nSPS) is 12.7. The van der Waals surface area contributed by atoms with Crippen LogP contribution in [0.2, 0.25) is 5.32 Å². The summed E-state index contributed by atoms with van der Waals surface area (Å²) in [4.78, 5) is 11.8. The number of esters is 1. The molecule has 0 fully saturated rings. The molecule has 0 aliphatic heterocycles. The van der Waals surface area contributed by atoms with Gasteiger partial charge in [-0.05, 0) is 0 Å². The molecule has 0 saturated carbocycles. The van der Waals surface area contributed by atoms with Gasteiger partial charge in [-0.2, -0.15) is 0 Å². The topological polar surface area (TPSA) is 26.3 Å². The molecular weight excluding hydrogens is 360 g/mol. The summed E-state index contributed by atoms with van der Waals surface area (Å²) in [5.74, 6) is -0.952. The summed E-state index contributed by atoms with van der Waals surface area (Å²) >= 11 is -0.418. The third-order valence-corrected chi connectivity index (χ3v) is 5.02. The van der Waals surface area contributed by atoms with E-state index in [-0.39, 0.29) is 10.9 Å². The van der Waals surface area contributed by atoms with Crippen LogP contribution in [0.1, 0.15) is 10.4 Å². The molecule has 0 aliphatic rings. The minimum absolute atomic E-state index is 0.115. The Hall–Kier alpha value is -1.78. The number of halogens is 3. The van der Waals surface area contributed by atoms with Crippen LogP contribution in [0.15, 0.2) is 60.7 Å². The molecule has 22 heavy (non-hydrogen) atoms. The standard InChI is InChI=1S/C16H13F3O2Se/c17-16(18,19)14(11-22-13-9-5-2-6-10-13)21-15(20)12-7-3-1-4-8-12/h1-10,14H,11H2/t14-/m0/s1. The fourth-order valence-corrected chi connectivity index (χ4v) is 3.65. The van der Waals surface area contributed by atoms with Gasteiger partial charge < -0.3 is 0 Å². The Morgan fingerprint density at radius 1 is 1.00 bits per heavy atom. The van der Waals surface area contributed by atoms with Crippen LogP contribution in [0.5, 0.6) is 0 Å². The molecule has 0 bridgehead atoms. The summed E-state index contributed by atoms with van der Waals surface area (Å²) in [6, 6.07) is 16.6. The maximum absolute atomic E-state index is 13.0. The SMILES string of the molecule is O=C(O[C@@H](C[Se]c1ccccc1)C(F)(F)F)c1ccccc1. The number of benzene rings is 2. The van der Waals surface area contributed by atoms with Crippen LogP contribution in [0.25, 0.3) is 0 Å². The summed E-state index contributed by atoms with van der Waals surface area (Å²) in [7, 11) is 0. The third kappa shape index (κ3) is 4.90. The summed E-state index contributed by atoms with van der Waals surface area (Å²) in [6.07, 6.45) is -6.65. The molecule has 0 aromatic heterocycles. The Labute approximate surface area is 132 Å². The van der Waals surface area contributed by atoms with E-state index in [1.807, 2.05) is 0 Å². The Kier molecular flexibility index (Phi) is 5.63. The quantitative estimate of drug-likeness (QED) is 0.594. The van der Waals surface area contributed by atoms with Crippen LogP contribution in [-0.4, -0.2) is 33.2 Å². The summed E-state index contributed by atoms with van der Waals surface area (Å²) in [6.45, 7) is 0. The molecule has 0 heterocycles. The Morgan fingerprint density at radius 2 is 1.55 bits per heavy atom. The van der Waals surface area contributed by atoms with E-state index in [9.17, 15) is 18.0 Å². The third-order valence-electron chi connectivity index (χ3n) is 2.77. The predicted octanol–water partition coefficient (Wildman–Crippen LogP) is 3.22. The van der Waals surface area contributed by atoms with Gasteiger partial charge in [0.05, 0.1) is 0 Å². The monoisotopic (exact) mass is 374 g/mol. The van der Waals surface area contributed by atoms with Gasteiger partial charge >= 0.3 is 132 Å². The molecule has 6 heteroatoms. The summed E-state index contributed by atoms with van der Waals surface area (Å²) in [5, 5.41) is -0.237. The number of hydrogen-bond donors (Lipinski definition) is 0. The van der Waals surface area contributed by atoms with Crippen LogP contribution in [0.4, 0.5) is 13.2 Å². The van der Waals surface area contributed by atoms with Crippen molar-refractivity contribution in [3.63, 3.8) is 0 Å². The van der Waals surface area contributed by atoms with Crippen molar-refractivity contribution in [3.05, 3.63) is 66.2 Å². The van der Waals surface area contributed by atoms with E-state index in [1.54, 1.807) is 48.5 Å². The fraction of sp³-hybridized carbons (Fsp3) is 0.188. The maximum atomic E-state index is 13.0. The van der Waals surface area contributed by atoms with Gasteiger partial charge in [-0.25, -0.2) is 0 Å². The van der Waals surface area contributed by atoms with Crippen molar-refractivity contribution in [1.82, 2.24) is 0 Å². The number of rotatable bonds is 5. The first-order chi connectivity index (χ1) is 10.5. The van der Waals surface area contributed by atoms with Crippen LogP contribution >= 0.6 is 0 Å². The molecule has 2 aromatic carbocycles. The first kappa shape index (κ1) is 16.6. The molecule has 0 saturated heterocycles. The first-order valence-electron chi connectivity index (χ1n) is 6.47. The van der Waals surface area contributed by atoms with Gasteiger partial charge in [0.25, 0.3) is 0 Å². The number of carbonyl (C=O) groups is 1. The molecule has 0 aliphatic carbocycles. The van der Waals surface area contributed by atoms with E-state index in [0.29, 0.717) is 0 Å². The molecule has 0 spiro atoms. The van der Waals surface area contributed by atoms with Gasteiger partial charge in [-0.1, -0.05) is 0 Å². The van der Waals surface area contributed by atoms with Crippen LogP contribution < -0.4 is 4.46 Å². The Bertz CT molecular complexity index is 600. The first-order valence-corrected chi connectivity index (χ1v) is 8.54. The second kappa shape index (κ2) is 7.47. The molecule has 0 radical (unpaired) electrons. The van der Waals surface area contributed by atoms with Crippen molar-refractivity contribution in [2.75, 3.05) is 0 Å². The van der Waals surface area contributed by atoms with Gasteiger partial charge in [0.1, 0.15) is 0 Å². The average Bonchev–Trinajstić information content (AvgIpc) is 2.52. The molecule has 116 valence electrons. The van der Waals surface area contributed by atoms with Crippen molar-refractivity contribution in [2.45, 2.75) is 17.6 Å². The number of hydrogen-bond acceptors (Lipinski definition) is 2. The predicted molar refractivity (Wildman–Crippen MR) is 78.3 cm³/mol. The van der Waals surface area contributed by atoms with Crippen LogP contribution in [0, 0.1) is 0 Å². The minimum atomic E-state index is -4.57. The van der Waals surface area contributed by atoms with Gasteiger partial charge in [0.2, 0.25) is 0 Å². The zero-order chi connectivity index (χ0) is 16.0. The molecule has 1 atom stereocenters. The van der Waals surface area contributed by atoms with Gasteiger partial charge in [-0.3, -0.25) is 0 Å². The second-order valence-electron chi connectivity index (χ2n) is 4.43. The Morgan fingerprint density at radius 3 is 2.09 bits per heavy atom. The Balaban J connectivity index is 2.02. The van der Waals surface area contributed by atoms with Crippen molar-refractivity contribution in [1.29, 1.82) is 0 Å². The molecule has 0 amide bonds. The van der Waals surface area contributed by atoms with Crippen molar-refractivity contribution < 1.29 is 22.7 Å². The molecule has 0 N–H and O–H groups in total. The fourth-order valence-electron chi connectivity index (χ4n) is 1.66. The summed E-state index contributed by atoms with van der Waals surface area (Å²) < 4.78 is 44.6. The number of alkyl halides is 3. The van der Waals surface area contributed by atoms with E-state index in [0.717, 1.165) is 4.46 Å². The van der Waals surface area contributed by atoms with Crippen molar-refractivity contribution in [3.8, 4) is 0 Å². The van der Waals surface area contributed by atoms with E-state index in [4.69, 9.17) is 0 Å². The van der Waals surface area contributed by atoms with E-state index in [2.05, 4.69) is 4.74 Å². The van der Waals surface area contributed by atoms with Gasteiger partial charge in [-0.15, -0.1) is 0 Å². The molecule has 2 aromatic rings. The molecule has 2 nitrogen and oxygen atoms in total. The molecule has 2 rings (SSSR count). The van der Waals surface area contributed by atoms with E-state index in [1.165, 1.54) is 12.1 Å². The average molecular weight is 373 g/mol.